The van der Waals surface area contributed by atoms with Crippen LogP contribution in [0.25, 0.3) is 16.7 Å². The molecule has 0 fully saturated rings. The van der Waals surface area contributed by atoms with E-state index in [0.29, 0.717) is 11.5 Å². The molecule has 6 heteroatoms. The van der Waals surface area contributed by atoms with Gasteiger partial charge in [-0.15, -0.1) is 10.2 Å². The largest absolute Gasteiger partial charge is 0.337 e. The van der Waals surface area contributed by atoms with Crippen LogP contribution in [0.5, 0.6) is 0 Å². The smallest absolute Gasteiger partial charge is 0.204 e. The minimum atomic E-state index is -0.275. The lowest BCUT2D eigenvalue weighted by Crippen LogP contribution is -2.02. The number of hydrogen-bond acceptors (Lipinski definition) is 4. The molecule has 0 saturated carbocycles. The van der Waals surface area contributed by atoms with Crippen LogP contribution < -0.4 is 5.32 Å². The van der Waals surface area contributed by atoms with Gasteiger partial charge in [0.25, 0.3) is 0 Å². The molecule has 0 atom stereocenters. The lowest BCUT2D eigenvalue weighted by atomic mass is 10.3. The molecule has 23 heavy (non-hydrogen) atoms. The first-order valence-corrected chi connectivity index (χ1v) is 7.41. The van der Waals surface area contributed by atoms with Gasteiger partial charge in [-0.3, -0.25) is 4.40 Å². The van der Waals surface area contributed by atoms with E-state index in [1.54, 1.807) is 12.1 Å². The Kier molecular flexibility index (Phi) is 3.15. The highest BCUT2D eigenvalue weighted by Crippen LogP contribution is 2.24. The summed E-state index contributed by atoms with van der Waals surface area (Å²) >= 11 is 0. The molecule has 0 bridgehead atoms. The maximum absolute atomic E-state index is 13.1. The predicted molar refractivity (Wildman–Crippen MR) is 87.3 cm³/mol. The number of para-hydroxylation sites is 2. The molecule has 2 heterocycles. The summed E-state index contributed by atoms with van der Waals surface area (Å²) in [5.74, 6) is 1.20. The van der Waals surface area contributed by atoms with Crippen molar-refractivity contribution in [2.45, 2.75) is 13.3 Å². The second kappa shape index (κ2) is 5.31. The highest BCUT2D eigenvalue weighted by atomic mass is 19.1. The third-order valence-corrected chi connectivity index (χ3v) is 3.72. The summed E-state index contributed by atoms with van der Waals surface area (Å²) in [7, 11) is 0. The van der Waals surface area contributed by atoms with Gasteiger partial charge in [0.05, 0.1) is 11.0 Å². The van der Waals surface area contributed by atoms with Gasteiger partial charge in [0.15, 0.2) is 5.82 Å². The van der Waals surface area contributed by atoms with E-state index in [-0.39, 0.29) is 5.82 Å². The van der Waals surface area contributed by atoms with Crippen LogP contribution in [0.4, 0.5) is 15.9 Å². The number of benzene rings is 2. The van der Waals surface area contributed by atoms with E-state index in [2.05, 4.69) is 20.5 Å². The first-order valence-electron chi connectivity index (χ1n) is 7.41. The summed E-state index contributed by atoms with van der Waals surface area (Å²) in [6.45, 7) is 2.04. The average molecular weight is 307 g/mol. The van der Waals surface area contributed by atoms with Crippen LogP contribution >= 0.6 is 0 Å². The Morgan fingerprint density at radius 3 is 2.61 bits per heavy atom. The van der Waals surface area contributed by atoms with E-state index in [1.807, 2.05) is 35.6 Å². The fourth-order valence-electron chi connectivity index (χ4n) is 2.62. The maximum Gasteiger partial charge on any atom is 0.204 e. The number of rotatable bonds is 3. The molecule has 0 aliphatic rings. The summed E-state index contributed by atoms with van der Waals surface area (Å²) in [5, 5.41) is 11.7. The number of nitrogens with zero attached hydrogens (tertiary/aromatic N) is 4. The molecule has 1 N–H and O–H groups in total. The van der Waals surface area contributed by atoms with Crippen LogP contribution in [0.3, 0.4) is 0 Å². The number of fused-ring (bicyclic) bond motifs is 3. The van der Waals surface area contributed by atoms with E-state index in [1.165, 1.54) is 12.1 Å². The quantitative estimate of drug-likeness (QED) is 0.626. The van der Waals surface area contributed by atoms with E-state index in [0.717, 1.165) is 29.0 Å². The zero-order valence-electron chi connectivity index (χ0n) is 12.5. The van der Waals surface area contributed by atoms with Crippen molar-refractivity contribution in [1.82, 2.24) is 19.6 Å². The molecule has 2 aromatic heterocycles. The third-order valence-electron chi connectivity index (χ3n) is 3.72. The van der Waals surface area contributed by atoms with Gasteiger partial charge in [0.1, 0.15) is 11.6 Å². The fourth-order valence-corrected chi connectivity index (χ4v) is 2.62. The molecule has 4 aromatic rings. The number of hydrogen-bond donors (Lipinski definition) is 1. The molecular weight excluding hydrogens is 293 g/mol. The van der Waals surface area contributed by atoms with Gasteiger partial charge in [0.2, 0.25) is 5.65 Å². The Hall–Kier alpha value is -3.02. The highest BCUT2D eigenvalue weighted by Gasteiger charge is 2.14. The summed E-state index contributed by atoms with van der Waals surface area (Å²) in [6.07, 6.45) is 0.769. The van der Waals surface area contributed by atoms with Gasteiger partial charge < -0.3 is 5.32 Å². The lowest BCUT2D eigenvalue weighted by Gasteiger charge is -2.10. The van der Waals surface area contributed by atoms with Crippen molar-refractivity contribution in [2.24, 2.45) is 0 Å². The molecular formula is C17H14FN5. The molecule has 2 aromatic carbocycles. The van der Waals surface area contributed by atoms with E-state index in [4.69, 9.17) is 0 Å². The summed E-state index contributed by atoms with van der Waals surface area (Å²) in [6, 6.07) is 14.0. The van der Waals surface area contributed by atoms with Crippen LogP contribution in [0.2, 0.25) is 0 Å². The van der Waals surface area contributed by atoms with Crippen molar-refractivity contribution in [3.05, 3.63) is 60.2 Å². The first-order chi connectivity index (χ1) is 11.3. The van der Waals surface area contributed by atoms with E-state index >= 15 is 0 Å². The van der Waals surface area contributed by atoms with Crippen molar-refractivity contribution in [3.8, 4) is 0 Å². The Morgan fingerprint density at radius 1 is 1.04 bits per heavy atom. The molecule has 0 aliphatic heterocycles. The second-order valence-corrected chi connectivity index (χ2v) is 5.21. The first kappa shape index (κ1) is 13.6. The van der Waals surface area contributed by atoms with Crippen molar-refractivity contribution in [2.75, 3.05) is 5.32 Å². The summed E-state index contributed by atoms with van der Waals surface area (Å²) < 4.78 is 15.1. The molecule has 0 amide bonds. The monoisotopic (exact) mass is 307 g/mol. The van der Waals surface area contributed by atoms with Crippen LogP contribution in [0, 0.1) is 5.82 Å². The SMILES string of the molecule is CCc1nnc2c(Nc3ccc(F)cc3)nc3ccccc3n12. The molecule has 4 rings (SSSR count). The average Bonchev–Trinajstić information content (AvgIpc) is 3.02. The van der Waals surface area contributed by atoms with Crippen LogP contribution in [0.1, 0.15) is 12.7 Å². The molecule has 0 unspecified atom stereocenters. The van der Waals surface area contributed by atoms with Gasteiger partial charge in [0, 0.05) is 12.1 Å². The fraction of sp³-hybridized carbons (Fsp3) is 0.118. The standard InChI is InChI=1S/C17H14FN5/c1-2-15-21-22-17-16(19-12-9-7-11(18)8-10-12)20-13-5-3-4-6-14(13)23(15)17/h3-10H,2H2,1H3,(H,19,20). The van der Waals surface area contributed by atoms with Gasteiger partial charge in [-0.1, -0.05) is 19.1 Å². The highest BCUT2D eigenvalue weighted by molar-refractivity contribution is 5.84. The second-order valence-electron chi connectivity index (χ2n) is 5.21. The predicted octanol–water partition coefficient (Wildman–Crippen LogP) is 3.72. The van der Waals surface area contributed by atoms with Gasteiger partial charge in [-0.2, -0.15) is 0 Å². The van der Waals surface area contributed by atoms with E-state index < -0.39 is 0 Å². The molecule has 0 radical (unpaired) electrons. The van der Waals surface area contributed by atoms with Gasteiger partial charge >= 0.3 is 0 Å². The summed E-state index contributed by atoms with van der Waals surface area (Å²) in [4.78, 5) is 4.64. The van der Waals surface area contributed by atoms with Crippen LogP contribution in [0.15, 0.2) is 48.5 Å². The lowest BCUT2D eigenvalue weighted by molar-refractivity contribution is 0.628. The van der Waals surface area contributed by atoms with Gasteiger partial charge in [-0.05, 0) is 36.4 Å². The minimum Gasteiger partial charge on any atom is -0.337 e. The Morgan fingerprint density at radius 2 is 1.83 bits per heavy atom. The number of aryl methyl sites for hydroxylation is 1. The minimum absolute atomic E-state index is 0.275. The number of nitrogens with one attached hydrogen (secondary N) is 1. The number of halogens is 1. The maximum atomic E-state index is 13.1. The van der Waals surface area contributed by atoms with Crippen molar-refractivity contribution < 1.29 is 4.39 Å². The van der Waals surface area contributed by atoms with Crippen LogP contribution in [-0.2, 0) is 6.42 Å². The number of aromatic nitrogens is 4. The number of anilines is 2. The molecule has 0 saturated heterocycles. The molecule has 114 valence electrons. The van der Waals surface area contributed by atoms with E-state index in [9.17, 15) is 4.39 Å². The topological polar surface area (TPSA) is 55.1 Å². The van der Waals surface area contributed by atoms with Crippen molar-refractivity contribution >= 4 is 28.2 Å². The Bertz CT molecular complexity index is 991. The third kappa shape index (κ3) is 2.28. The molecule has 0 aliphatic carbocycles. The van der Waals surface area contributed by atoms with Crippen molar-refractivity contribution in [3.63, 3.8) is 0 Å². The van der Waals surface area contributed by atoms with Gasteiger partial charge in [-0.25, -0.2) is 9.37 Å². The molecule has 0 spiro atoms. The Balaban J connectivity index is 1.94. The summed E-state index contributed by atoms with van der Waals surface area (Å²) in [5.41, 5.74) is 3.22. The zero-order valence-corrected chi connectivity index (χ0v) is 12.5. The van der Waals surface area contributed by atoms with Crippen LogP contribution in [-0.4, -0.2) is 19.6 Å². The molecule has 5 nitrogen and oxygen atoms in total. The van der Waals surface area contributed by atoms with Crippen molar-refractivity contribution in [1.29, 1.82) is 0 Å². The zero-order chi connectivity index (χ0) is 15.8. The normalized spacial score (nSPS) is 11.2. The Labute approximate surface area is 131 Å².